The smallest absolute Gasteiger partial charge is 0.252 e. The Kier molecular flexibility index (Phi) is 22.2. The van der Waals surface area contributed by atoms with E-state index in [1.165, 1.54) is 67.1 Å². The maximum atomic E-state index is 4.50. The Hall–Kier alpha value is -9.39. The number of aliphatic imine (C=N–C) groups is 1. The standard InChI is InChI=1S/2C13H18N2.C12H16N2.C11H16N4.C11H15N3.C11H14N2.C10H14N4/c1-9-8-10-11(13(2,3)4)6-7-14-12(10)15(9)5;1-9-8-15(5)12-11(9)10(6-7-14-12)13(2,3)4;1-12(2,3)10-5-7-13-11-9(10)6-8-14(11)4;1-7-13-9(11(2,3)4)8-10(14-7)15(5)6-12-8;1-11(2,3)9-5-6-12-10-8(9)7-13-14(10)4;1-11(2,3)9-5-7-13-10-8(9)4-6-12-10;1-7-5-8(10(2,3)4)14-9(13-7)11-6-12-14/h2*6-8H,1-5H3;5-8H,1-4H3;6H,1-5H3;5-7H,1-4H3;5-7H,4H2,1-3H3;5-6H,1-4H3. The van der Waals surface area contributed by atoms with Crippen molar-refractivity contribution in [3.05, 3.63) is 178 Å². The third kappa shape index (κ3) is 17.4. The summed E-state index contributed by atoms with van der Waals surface area (Å²) in [5.41, 5.74) is 20.7. The Morgan fingerprint density at radius 2 is 0.960 bits per heavy atom. The first-order valence-corrected chi connectivity index (χ1v) is 34.6. The summed E-state index contributed by atoms with van der Waals surface area (Å²) in [6.07, 6.45) is 21.7. The van der Waals surface area contributed by atoms with E-state index in [1.807, 2.05) is 87.6 Å². The van der Waals surface area contributed by atoms with Crippen LogP contribution in [0.1, 0.15) is 213 Å². The van der Waals surface area contributed by atoms with Crippen molar-refractivity contribution >= 4 is 73.1 Å². The number of pyridine rings is 5. The molecule has 14 rings (SSSR count). The van der Waals surface area contributed by atoms with Crippen molar-refractivity contribution in [2.45, 2.75) is 217 Å². The van der Waals surface area contributed by atoms with Crippen LogP contribution in [0.25, 0.3) is 61.1 Å². The molecule has 530 valence electrons. The first-order valence-electron chi connectivity index (χ1n) is 34.6. The Labute approximate surface area is 593 Å². The largest absolute Gasteiger partial charge is 0.336 e. The van der Waals surface area contributed by atoms with Gasteiger partial charge in [-0.05, 0) is 137 Å². The fourth-order valence-corrected chi connectivity index (χ4v) is 12.5. The number of fused-ring (bicyclic) bond motifs is 7. The van der Waals surface area contributed by atoms with Crippen LogP contribution in [0.4, 0.5) is 5.82 Å². The Balaban J connectivity index is 0.000000148. The number of imidazole rings is 1. The predicted molar refractivity (Wildman–Crippen MR) is 414 cm³/mol. The highest BCUT2D eigenvalue weighted by molar-refractivity contribution is 5.85. The van der Waals surface area contributed by atoms with Gasteiger partial charge in [-0.1, -0.05) is 145 Å². The predicted octanol–water partition coefficient (Wildman–Crippen LogP) is 17.8. The van der Waals surface area contributed by atoms with Gasteiger partial charge in [0.1, 0.15) is 34.6 Å². The summed E-state index contributed by atoms with van der Waals surface area (Å²) in [6.45, 7) is 54.5. The van der Waals surface area contributed by atoms with Crippen LogP contribution in [0, 0.1) is 27.7 Å². The molecule has 13 aromatic heterocycles. The van der Waals surface area contributed by atoms with E-state index >= 15 is 0 Å². The molecule has 0 atom stereocenters. The van der Waals surface area contributed by atoms with Crippen LogP contribution in [0.3, 0.4) is 0 Å². The maximum absolute atomic E-state index is 4.50. The van der Waals surface area contributed by atoms with E-state index in [4.69, 9.17) is 0 Å². The van der Waals surface area contributed by atoms with E-state index < -0.39 is 0 Å². The molecule has 0 bridgehead atoms. The van der Waals surface area contributed by atoms with Crippen LogP contribution in [0.5, 0.6) is 0 Å². The van der Waals surface area contributed by atoms with Crippen LogP contribution < -0.4 is 0 Å². The molecule has 1 aliphatic heterocycles. The van der Waals surface area contributed by atoms with Crippen molar-refractivity contribution < 1.29 is 0 Å². The highest BCUT2D eigenvalue weighted by Crippen LogP contribution is 2.36. The third-order valence-corrected chi connectivity index (χ3v) is 17.7. The van der Waals surface area contributed by atoms with Gasteiger partial charge in [0.15, 0.2) is 17.1 Å². The van der Waals surface area contributed by atoms with Crippen LogP contribution >= 0.6 is 0 Å². The van der Waals surface area contributed by atoms with Gasteiger partial charge in [-0.15, -0.1) is 0 Å². The molecule has 0 radical (unpaired) electrons. The zero-order valence-electron chi connectivity index (χ0n) is 65.7. The molecule has 0 amide bonds. The van der Waals surface area contributed by atoms with Gasteiger partial charge in [0.2, 0.25) is 0 Å². The van der Waals surface area contributed by atoms with Gasteiger partial charge in [-0.2, -0.15) is 15.2 Å². The molecular weight excluding hydrogens is 1240 g/mol. The first-order chi connectivity index (χ1) is 46.3. The second-order valence-corrected chi connectivity index (χ2v) is 33.6. The van der Waals surface area contributed by atoms with Crippen molar-refractivity contribution in [1.29, 1.82) is 0 Å². The first kappa shape index (κ1) is 76.4. The Morgan fingerprint density at radius 3 is 1.54 bits per heavy atom. The molecule has 100 heavy (non-hydrogen) atoms. The highest BCUT2D eigenvalue weighted by Gasteiger charge is 2.26. The molecule has 0 saturated heterocycles. The fourth-order valence-electron chi connectivity index (χ4n) is 12.5. The van der Waals surface area contributed by atoms with Gasteiger partial charge in [0, 0.05) is 141 Å². The highest BCUT2D eigenvalue weighted by atomic mass is 15.3. The van der Waals surface area contributed by atoms with Crippen LogP contribution in [0.2, 0.25) is 0 Å². The van der Waals surface area contributed by atoms with Crippen LogP contribution in [0.15, 0.2) is 116 Å². The monoisotopic (exact) mass is 1350 g/mol. The summed E-state index contributed by atoms with van der Waals surface area (Å²) in [5, 5.41) is 13.4. The van der Waals surface area contributed by atoms with Gasteiger partial charge in [-0.25, -0.2) is 54.4 Å². The second kappa shape index (κ2) is 29.1. The van der Waals surface area contributed by atoms with E-state index in [-0.39, 0.29) is 37.9 Å². The average Bonchev–Trinajstić information content (AvgIpc) is 1.62. The lowest BCUT2D eigenvalue weighted by atomic mass is 9.84. The van der Waals surface area contributed by atoms with Crippen molar-refractivity contribution in [1.82, 2.24) is 87.5 Å². The maximum Gasteiger partial charge on any atom is 0.252 e. The van der Waals surface area contributed by atoms with Gasteiger partial charge in [-0.3, -0.25) is 4.68 Å². The van der Waals surface area contributed by atoms with Crippen LogP contribution in [-0.2, 0) is 79.6 Å². The minimum atomic E-state index is 0.000301. The number of rotatable bonds is 0. The quantitative estimate of drug-likeness (QED) is 0.139. The molecule has 14 heterocycles. The fraction of sp³-hybridized carbons (Fsp3) is 0.469. The molecule has 19 nitrogen and oxygen atoms in total. The number of nitrogens with zero attached hydrogens (tertiary/aromatic N) is 19. The van der Waals surface area contributed by atoms with Crippen LogP contribution in [-0.4, -0.2) is 93.7 Å². The summed E-state index contributed by atoms with van der Waals surface area (Å²) in [5.74, 6) is 2.39. The molecule has 13 aromatic rings. The van der Waals surface area contributed by atoms with Gasteiger partial charge < -0.3 is 18.3 Å². The van der Waals surface area contributed by atoms with E-state index in [1.54, 1.807) is 10.8 Å². The normalized spacial score (nSPS) is 12.6. The number of aromatic nitrogens is 18. The lowest BCUT2D eigenvalue weighted by molar-refractivity contribution is 0.545. The van der Waals surface area contributed by atoms with Crippen molar-refractivity contribution in [3.8, 4) is 0 Å². The SMILES string of the molecule is CC(C)(C)c1ccnc2c1CC=N2.Cc1cc(C(C)(C)C)n2ncnc2n1.Cc1cc2c(C(C)(C)C)ccnc2n1C.Cc1cn(C)c2nccc(C(C)(C)C)c12.Cc1nc(C(C)(C)C)c2ncn(C)c2n1.Cn1ccc2c(C(C)(C)C)ccnc21.Cn1ncc2c(C(C)(C)C)ccnc21. The second-order valence-electron chi connectivity index (χ2n) is 33.6. The van der Waals surface area contributed by atoms with Gasteiger partial charge in [0.25, 0.3) is 5.78 Å². The topological polar surface area (TPSA) is 196 Å². The molecule has 0 spiro atoms. The summed E-state index contributed by atoms with van der Waals surface area (Å²) < 4.78 is 11.8. The molecule has 19 heteroatoms. The summed E-state index contributed by atoms with van der Waals surface area (Å²) >= 11 is 0. The molecular formula is C81H111N19. The van der Waals surface area contributed by atoms with E-state index in [9.17, 15) is 0 Å². The third-order valence-electron chi connectivity index (χ3n) is 17.7. The molecule has 0 fully saturated rings. The molecule has 0 aliphatic carbocycles. The van der Waals surface area contributed by atoms with E-state index in [0.29, 0.717) is 5.78 Å². The number of hydrogen-bond donors (Lipinski definition) is 0. The van der Waals surface area contributed by atoms with Gasteiger partial charge in [0.05, 0.1) is 23.9 Å². The van der Waals surface area contributed by atoms with Crippen molar-refractivity contribution in [2.75, 3.05) is 0 Å². The molecule has 0 saturated carbocycles. The zero-order valence-corrected chi connectivity index (χ0v) is 65.7. The lowest BCUT2D eigenvalue weighted by Gasteiger charge is -2.21. The minimum Gasteiger partial charge on any atom is -0.336 e. The summed E-state index contributed by atoms with van der Waals surface area (Å²) in [6, 6.07) is 17.0. The number of hydrogen-bond acceptors (Lipinski definition) is 13. The zero-order chi connectivity index (χ0) is 74.2. The molecule has 0 aromatic carbocycles. The minimum absolute atomic E-state index is 0.000301. The molecule has 0 unspecified atom stereocenters. The Morgan fingerprint density at radius 1 is 0.430 bits per heavy atom. The summed E-state index contributed by atoms with van der Waals surface area (Å²) in [7, 11) is 10.0. The Bertz CT molecular complexity index is 4920. The van der Waals surface area contributed by atoms with Gasteiger partial charge >= 0.3 is 0 Å². The summed E-state index contributed by atoms with van der Waals surface area (Å²) in [4.78, 5) is 47.7. The lowest BCUT2D eigenvalue weighted by Crippen LogP contribution is -2.18. The molecule has 1 aliphatic rings. The van der Waals surface area contributed by atoms with E-state index in [2.05, 4.69) is 313 Å². The van der Waals surface area contributed by atoms with Crippen molar-refractivity contribution in [3.63, 3.8) is 0 Å². The molecule has 0 N–H and O–H groups in total. The average molecular weight is 1350 g/mol. The van der Waals surface area contributed by atoms with Crippen molar-refractivity contribution in [2.24, 2.45) is 40.2 Å². The number of aryl methyl sites for hydroxylation is 9. The van der Waals surface area contributed by atoms with E-state index in [0.717, 1.165) is 74.3 Å².